The van der Waals surface area contributed by atoms with Crippen molar-refractivity contribution in [3.05, 3.63) is 18.0 Å². The lowest BCUT2D eigenvalue weighted by molar-refractivity contribution is 0.0691. The van der Waals surface area contributed by atoms with E-state index in [2.05, 4.69) is 4.98 Å². The molecule has 0 radical (unpaired) electrons. The molecule has 0 saturated carbocycles. The first kappa shape index (κ1) is 14.4. The van der Waals surface area contributed by atoms with Gasteiger partial charge in [-0.1, -0.05) is 0 Å². The third kappa shape index (κ3) is 2.96. The van der Waals surface area contributed by atoms with Crippen molar-refractivity contribution in [1.82, 2.24) is 9.29 Å². The number of rotatable bonds is 4. The van der Waals surface area contributed by atoms with Gasteiger partial charge in [-0.2, -0.15) is 16.1 Å². The number of thioether (sulfide) groups is 1. The van der Waals surface area contributed by atoms with Crippen LogP contribution in [-0.2, 0) is 10.0 Å². The van der Waals surface area contributed by atoms with Crippen LogP contribution in [0.4, 0.5) is 0 Å². The lowest BCUT2D eigenvalue weighted by Crippen LogP contribution is -2.39. The number of H-pyrrole nitrogens is 1. The van der Waals surface area contributed by atoms with Crippen LogP contribution in [0.5, 0.6) is 0 Å². The van der Waals surface area contributed by atoms with Gasteiger partial charge in [-0.15, -0.1) is 0 Å². The van der Waals surface area contributed by atoms with Gasteiger partial charge in [0.15, 0.2) is 0 Å². The standard InChI is InChI=1S/C11H16N2O4S2/c1-18-8-2-4-13(5-3-8)19(16,17)9-6-10(11(14)15)12-7-9/h6-8,12H,2-5H2,1H3,(H,14,15). The molecular weight excluding hydrogens is 288 g/mol. The molecule has 1 fully saturated rings. The molecule has 2 heterocycles. The number of carboxylic acids is 1. The molecule has 0 amide bonds. The monoisotopic (exact) mass is 304 g/mol. The van der Waals surface area contributed by atoms with Gasteiger partial charge in [0.25, 0.3) is 0 Å². The molecule has 2 rings (SSSR count). The molecule has 0 spiro atoms. The third-order valence-electron chi connectivity index (χ3n) is 3.26. The summed E-state index contributed by atoms with van der Waals surface area (Å²) < 4.78 is 26.1. The summed E-state index contributed by atoms with van der Waals surface area (Å²) in [5.74, 6) is -1.16. The van der Waals surface area contributed by atoms with Crippen LogP contribution >= 0.6 is 11.8 Å². The average molecular weight is 304 g/mol. The molecule has 1 aliphatic rings. The Hall–Kier alpha value is -0.990. The number of hydrogen-bond acceptors (Lipinski definition) is 4. The Balaban J connectivity index is 2.16. The molecule has 0 aromatic carbocycles. The Kier molecular flexibility index (Phi) is 4.22. The average Bonchev–Trinajstić information content (AvgIpc) is 2.89. The van der Waals surface area contributed by atoms with Crippen LogP contribution in [0, 0.1) is 0 Å². The number of carboxylic acid groups (broad SMARTS) is 1. The predicted molar refractivity (Wildman–Crippen MR) is 73.0 cm³/mol. The van der Waals surface area contributed by atoms with Gasteiger partial charge in [0, 0.05) is 24.5 Å². The summed E-state index contributed by atoms with van der Waals surface area (Å²) in [5.41, 5.74) is -0.113. The molecule has 0 aliphatic carbocycles. The number of nitrogens with zero attached hydrogens (tertiary/aromatic N) is 1. The van der Waals surface area contributed by atoms with E-state index >= 15 is 0 Å². The lowest BCUT2D eigenvalue weighted by atomic mass is 10.2. The highest BCUT2D eigenvalue weighted by molar-refractivity contribution is 7.99. The summed E-state index contributed by atoms with van der Waals surface area (Å²) in [6.45, 7) is 0.975. The third-order valence-corrected chi connectivity index (χ3v) is 6.27. The summed E-state index contributed by atoms with van der Waals surface area (Å²) in [5, 5.41) is 9.31. The van der Waals surface area contributed by atoms with Crippen molar-refractivity contribution < 1.29 is 18.3 Å². The van der Waals surface area contributed by atoms with E-state index in [0.717, 1.165) is 12.8 Å². The first-order valence-corrected chi connectivity index (χ1v) is 8.62. The maximum Gasteiger partial charge on any atom is 0.352 e. The smallest absolute Gasteiger partial charge is 0.352 e. The fraction of sp³-hybridized carbons (Fsp3) is 0.545. The van der Waals surface area contributed by atoms with Crippen molar-refractivity contribution in [2.75, 3.05) is 19.3 Å². The van der Waals surface area contributed by atoms with Gasteiger partial charge in [0.1, 0.15) is 10.6 Å². The number of aromatic nitrogens is 1. The molecule has 0 atom stereocenters. The molecule has 2 N–H and O–H groups in total. The lowest BCUT2D eigenvalue weighted by Gasteiger charge is -2.29. The van der Waals surface area contributed by atoms with E-state index in [1.807, 2.05) is 6.26 Å². The van der Waals surface area contributed by atoms with Crippen LogP contribution in [0.15, 0.2) is 17.2 Å². The minimum atomic E-state index is -3.58. The Morgan fingerprint density at radius 1 is 1.47 bits per heavy atom. The second-order valence-electron chi connectivity index (χ2n) is 4.39. The van der Waals surface area contributed by atoms with E-state index in [0.29, 0.717) is 18.3 Å². The fourth-order valence-electron chi connectivity index (χ4n) is 2.10. The second kappa shape index (κ2) is 5.56. The van der Waals surface area contributed by atoms with E-state index < -0.39 is 16.0 Å². The summed E-state index contributed by atoms with van der Waals surface area (Å²) in [6.07, 6.45) is 4.92. The number of nitrogens with one attached hydrogen (secondary N) is 1. The number of aromatic amines is 1. The van der Waals surface area contributed by atoms with Gasteiger partial charge in [0.05, 0.1) is 0 Å². The molecule has 1 aromatic rings. The highest BCUT2D eigenvalue weighted by Gasteiger charge is 2.30. The summed E-state index contributed by atoms with van der Waals surface area (Å²) in [6, 6.07) is 1.17. The topological polar surface area (TPSA) is 90.5 Å². The van der Waals surface area contributed by atoms with Gasteiger partial charge in [-0.3, -0.25) is 0 Å². The molecule has 6 nitrogen and oxygen atoms in total. The number of sulfonamides is 1. The first-order valence-electron chi connectivity index (χ1n) is 5.90. The Bertz CT molecular complexity index is 559. The minimum absolute atomic E-state index is 0.0208. The molecule has 0 unspecified atom stereocenters. The molecule has 1 saturated heterocycles. The Morgan fingerprint density at radius 2 is 2.11 bits per heavy atom. The number of hydrogen-bond donors (Lipinski definition) is 2. The van der Waals surface area contributed by atoms with E-state index in [1.54, 1.807) is 11.8 Å². The molecule has 1 aliphatic heterocycles. The normalized spacial score (nSPS) is 18.6. The van der Waals surface area contributed by atoms with Crippen LogP contribution in [-0.4, -0.2) is 53.4 Å². The van der Waals surface area contributed by atoms with Gasteiger partial charge < -0.3 is 10.1 Å². The Morgan fingerprint density at radius 3 is 2.58 bits per heavy atom. The number of aromatic carboxylic acids is 1. The van der Waals surface area contributed by atoms with Gasteiger partial charge in [-0.05, 0) is 25.2 Å². The highest BCUT2D eigenvalue weighted by atomic mass is 32.2. The maximum atomic E-state index is 12.3. The van der Waals surface area contributed by atoms with Crippen molar-refractivity contribution in [3.63, 3.8) is 0 Å². The molecule has 8 heteroatoms. The van der Waals surface area contributed by atoms with Crippen molar-refractivity contribution in [1.29, 1.82) is 0 Å². The molecule has 0 bridgehead atoms. The molecule has 106 valence electrons. The first-order chi connectivity index (χ1) is 8.95. The summed E-state index contributed by atoms with van der Waals surface area (Å²) >= 11 is 1.76. The highest BCUT2D eigenvalue weighted by Crippen LogP contribution is 2.25. The fourth-order valence-corrected chi connectivity index (χ4v) is 4.25. The predicted octanol–water partition coefficient (Wildman–Crippen LogP) is 1.23. The van der Waals surface area contributed by atoms with E-state index in [1.165, 1.54) is 16.6 Å². The quantitative estimate of drug-likeness (QED) is 0.873. The van der Waals surface area contributed by atoms with Crippen molar-refractivity contribution in [2.45, 2.75) is 23.0 Å². The molecular formula is C11H16N2O4S2. The van der Waals surface area contributed by atoms with Crippen molar-refractivity contribution in [3.8, 4) is 0 Å². The van der Waals surface area contributed by atoms with Crippen LogP contribution < -0.4 is 0 Å². The molecule has 19 heavy (non-hydrogen) atoms. The zero-order chi connectivity index (χ0) is 14.0. The molecule has 1 aromatic heterocycles. The van der Waals surface area contributed by atoms with Crippen LogP contribution in [0.25, 0.3) is 0 Å². The van der Waals surface area contributed by atoms with Gasteiger partial charge in [0.2, 0.25) is 10.0 Å². The van der Waals surface area contributed by atoms with Crippen molar-refractivity contribution >= 4 is 27.8 Å². The van der Waals surface area contributed by atoms with Crippen LogP contribution in [0.3, 0.4) is 0 Å². The van der Waals surface area contributed by atoms with E-state index in [-0.39, 0.29) is 10.6 Å². The van der Waals surface area contributed by atoms with Crippen molar-refractivity contribution in [2.24, 2.45) is 0 Å². The summed E-state index contributed by atoms with van der Waals surface area (Å²) in [7, 11) is -3.58. The Labute approximate surface area is 116 Å². The maximum absolute atomic E-state index is 12.3. The minimum Gasteiger partial charge on any atom is -0.477 e. The number of piperidine rings is 1. The van der Waals surface area contributed by atoms with Gasteiger partial charge >= 0.3 is 5.97 Å². The number of carbonyl (C=O) groups is 1. The zero-order valence-electron chi connectivity index (χ0n) is 10.5. The van der Waals surface area contributed by atoms with Gasteiger partial charge in [-0.25, -0.2) is 13.2 Å². The van der Waals surface area contributed by atoms with Crippen LogP contribution in [0.1, 0.15) is 23.3 Å². The zero-order valence-corrected chi connectivity index (χ0v) is 12.1. The van der Waals surface area contributed by atoms with Crippen LogP contribution in [0.2, 0.25) is 0 Å². The second-order valence-corrected chi connectivity index (χ2v) is 7.47. The summed E-state index contributed by atoms with van der Waals surface area (Å²) in [4.78, 5) is 13.2. The van der Waals surface area contributed by atoms with E-state index in [4.69, 9.17) is 5.11 Å². The largest absolute Gasteiger partial charge is 0.477 e. The van der Waals surface area contributed by atoms with E-state index in [9.17, 15) is 13.2 Å². The SMILES string of the molecule is CSC1CCN(S(=O)(=O)c2c[nH]c(C(=O)O)c2)CC1.